The highest BCUT2D eigenvalue weighted by molar-refractivity contribution is 9.10. The van der Waals surface area contributed by atoms with Crippen LogP contribution >= 0.6 is 15.9 Å². The number of carbonyl (C=O) groups excluding carboxylic acids is 1. The van der Waals surface area contributed by atoms with E-state index >= 15 is 0 Å². The van der Waals surface area contributed by atoms with E-state index in [0.29, 0.717) is 6.42 Å². The molecule has 1 fully saturated rings. The zero-order chi connectivity index (χ0) is 16.1. The molecule has 0 bridgehead atoms. The molecule has 1 amide bonds. The van der Waals surface area contributed by atoms with Gasteiger partial charge in [0.1, 0.15) is 5.75 Å². The van der Waals surface area contributed by atoms with E-state index in [2.05, 4.69) is 21.2 Å². The number of ether oxygens (including phenoxy) is 1. The lowest BCUT2D eigenvalue weighted by Gasteiger charge is -2.17. The molecule has 0 saturated heterocycles. The Bertz CT molecular complexity index is 663. The van der Waals surface area contributed by atoms with Gasteiger partial charge < -0.3 is 10.1 Å². The van der Waals surface area contributed by atoms with Gasteiger partial charge in [-0.15, -0.1) is 0 Å². The van der Waals surface area contributed by atoms with Crippen LogP contribution in [-0.4, -0.2) is 12.0 Å². The maximum absolute atomic E-state index is 12.3. The number of nitrogens with one attached hydrogen (secondary N) is 1. The number of anilines is 1. The van der Waals surface area contributed by atoms with Gasteiger partial charge in [-0.1, -0.05) is 40.2 Å². The van der Waals surface area contributed by atoms with Crippen LogP contribution in [0.5, 0.6) is 5.75 Å². The van der Waals surface area contributed by atoms with E-state index in [4.69, 9.17) is 4.74 Å². The lowest BCUT2D eigenvalue weighted by atomic mass is 10.1. The predicted octanol–water partition coefficient (Wildman–Crippen LogP) is 4.95. The Labute approximate surface area is 145 Å². The minimum atomic E-state index is -0.0326. The van der Waals surface area contributed by atoms with Crippen LogP contribution in [0.3, 0.4) is 0 Å². The van der Waals surface area contributed by atoms with Crippen LogP contribution < -0.4 is 10.1 Å². The quantitative estimate of drug-likeness (QED) is 0.804. The molecule has 120 valence electrons. The molecular formula is C19H20BrNO2. The van der Waals surface area contributed by atoms with Gasteiger partial charge in [-0.3, -0.25) is 4.79 Å². The van der Waals surface area contributed by atoms with E-state index in [0.717, 1.165) is 34.3 Å². The van der Waals surface area contributed by atoms with E-state index in [1.54, 1.807) is 0 Å². The van der Waals surface area contributed by atoms with Crippen molar-refractivity contribution < 1.29 is 9.53 Å². The molecule has 0 unspecified atom stereocenters. The summed E-state index contributed by atoms with van der Waals surface area (Å²) in [6, 6.07) is 15.5. The summed E-state index contributed by atoms with van der Waals surface area (Å²) in [6.07, 6.45) is 5.28. The van der Waals surface area contributed by atoms with Gasteiger partial charge in [0.2, 0.25) is 5.91 Å². The molecule has 2 aromatic carbocycles. The smallest absolute Gasteiger partial charge is 0.228 e. The van der Waals surface area contributed by atoms with Gasteiger partial charge in [-0.05, 0) is 55.5 Å². The number of halogens is 1. The lowest BCUT2D eigenvalue weighted by molar-refractivity contribution is -0.115. The van der Waals surface area contributed by atoms with Crippen LogP contribution in [0, 0.1) is 0 Å². The largest absolute Gasteiger partial charge is 0.488 e. The molecule has 3 rings (SSSR count). The van der Waals surface area contributed by atoms with Crippen molar-refractivity contribution in [3.63, 3.8) is 0 Å². The molecule has 4 heteroatoms. The molecule has 0 atom stereocenters. The predicted molar refractivity (Wildman–Crippen MR) is 95.8 cm³/mol. The van der Waals surface area contributed by atoms with Gasteiger partial charge >= 0.3 is 0 Å². The monoisotopic (exact) mass is 373 g/mol. The van der Waals surface area contributed by atoms with Gasteiger partial charge in [0.15, 0.2) is 0 Å². The second-order valence-corrected chi connectivity index (χ2v) is 6.79. The average Bonchev–Trinajstić information content (AvgIpc) is 3.05. The normalized spacial score (nSPS) is 14.7. The van der Waals surface area contributed by atoms with Gasteiger partial charge in [0.05, 0.1) is 18.2 Å². The Morgan fingerprint density at radius 2 is 1.78 bits per heavy atom. The lowest BCUT2D eigenvalue weighted by Crippen LogP contribution is -2.17. The molecule has 2 aromatic rings. The fourth-order valence-corrected chi connectivity index (χ4v) is 3.10. The van der Waals surface area contributed by atoms with Gasteiger partial charge in [-0.25, -0.2) is 0 Å². The Kier molecular flexibility index (Phi) is 5.34. The molecule has 0 radical (unpaired) electrons. The van der Waals surface area contributed by atoms with Crippen molar-refractivity contribution in [2.45, 2.75) is 38.2 Å². The molecule has 3 nitrogen and oxygen atoms in total. The Morgan fingerprint density at radius 1 is 1.09 bits per heavy atom. The summed E-state index contributed by atoms with van der Waals surface area (Å²) < 4.78 is 7.06. The van der Waals surface area contributed by atoms with Crippen LogP contribution in [0.15, 0.2) is 53.0 Å². The number of hydrogen-bond acceptors (Lipinski definition) is 2. The second-order valence-electron chi connectivity index (χ2n) is 5.87. The van der Waals surface area contributed by atoms with Gasteiger partial charge in [0.25, 0.3) is 0 Å². The number of benzene rings is 2. The number of rotatable bonds is 5. The summed E-state index contributed by atoms with van der Waals surface area (Å²) in [4.78, 5) is 12.3. The molecule has 0 aliphatic heterocycles. The first-order valence-corrected chi connectivity index (χ1v) is 8.80. The van der Waals surface area contributed by atoms with Crippen LogP contribution in [0.1, 0.15) is 31.2 Å². The minimum Gasteiger partial charge on any atom is -0.488 e. The summed E-state index contributed by atoms with van der Waals surface area (Å²) in [6.45, 7) is 0. The van der Waals surface area contributed by atoms with E-state index in [-0.39, 0.29) is 12.0 Å². The zero-order valence-electron chi connectivity index (χ0n) is 12.9. The average molecular weight is 374 g/mol. The molecule has 0 spiro atoms. The minimum absolute atomic E-state index is 0.0326. The maximum Gasteiger partial charge on any atom is 0.228 e. The number of amides is 1. The fourth-order valence-electron chi connectivity index (χ4n) is 2.84. The SMILES string of the molecule is O=C(Cc1ccc(Br)cc1)Nc1ccccc1OC1CCCC1. The third kappa shape index (κ3) is 4.58. The summed E-state index contributed by atoms with van der Waals surface area (Å²) >= 11 is 3.40. The molecule has 1 N–H and O–H groups in total. The van der Waals surface area contributed by atoms with Gasteiger partial charge in [0, 0.05) is 4.47 Å². The highest BCUT2D eigenvalue weighted by Gasteiger charge is 2.18. The van der Waals surface area contributed by atoms with Crippen molar-refractivity contribution in [1.29, 1.82) is 0 Å². The van der Waals surface area contributed by atoms with Crippen molar-refractivity contribution in [1.82, 2.24) is 0 Å². The third-order valence-electron chi connectivity index (χ3n) is 4.03. The molecule has 23 heavy (non-hydrogen) atoms. The molecule has 0 aromatic heterocycles. The summed E-state index contributed by atoms with van der Waals surface area (Å²) in [7, 11) is 0. The molecular weight excluding hydrogens is 354 g/mol. The van der Waals surface area contributed by atoms with Crippen molar-refractivity contribution in [3.8, 4) is 5.75 Å². The van der Waals surface area contributed by atoms with E-state index in [1.165, 1.54) is 12.8 Å². The van der Waals surface area contributed by atoms with Crippen molar-refractivity contribution in [2.75, 3.05) is 5.32 Å². The molecule has 1 saturated carbocycles. The van der Waals surface area contributed by atoms with E-state index < -0.39 is 0 Å². The molecule has 1 aliphatic carbocycles. The first-order valence-electron chi connectivity index (χ1n) is 8.01. The summed E-state index contributed by atoms with van der Waals surface area (Å²) in [5.41, 5.74) is 1.74. The van der Waals surface area contributed by atoms with Gasteiger partial charge in [-0.2, -0.15) is 0 Å². The Hall–Kier alpha value is -1.81. The number of hydrogen-bond donors (Lipinski definition) is 1. The maximum atomic E-state index is 12.3. The summed E-state index contributed by atoms with van der Waals surface area (Å²) in [5, 5.41) is 2.97. The van der Waals surface area contributed by atoms with E-state index in [9.17, 15) is 4.79 Å². The summed E-state index contributed by atoms with van der Waals surface area (Å²) in [5.74, 6) is 0.735. The topological polar surface area (TPSA) is 38.3 Å². The zero-order valence-corrected chi connectivity index (χ0v) is 14.5. The first kappa shape index (κ1) is 16.1. The van der Waals surface area contributed by atoms with Crippen LogP contribution in [0.25, 0.3) is 0 Å². The van der Waals surface area contributed by atoms with Crippen molar-refractivity contribution >= 4 is 27.5 Å². The second kappa shape index (κ2) is 7.64. The molecule has 0 heterocycles. The number of para-hydroxylation sites is 2. The van der Waals surface area contributed by atoms with Crippen LogP contribution in [0.2, 0.25) is 0 Å². The highest BCUT2D eigenvalue weighted by Crippen LogP contribution is 2.29. The standard InChI is InChI=1S/C19H20BrNO2/c20-15-11-9-14(10-12-15)13-19(22)21-17-7-3-4-8-18(17)23-16-5-1-2-6-16/h3-4,7-12,16H,1-2,5-6,13H2,(H,21,22). The number of carbonyl (C=O) groups is 1. The Morgan fingerprint density at radius 3 is 2.52 bits per heavy atom. The van der Waals surface area contributed by atoms with Crippen molar-refractivity contribution in [3.05, 3.63) is 58.6 Å². The Balaban J connectivity index is 1.64. The van der Waals surface area contributed by atoms with Crippen LogP contribution in [-0.2, 0) is 11.2 Å². The van der Waals surface area contributed by atoms with Crippen LogP contribution in [0.4, 0.5) is 5.69 Å². The highest BCUT2D eigenvalue weighted by atomic mass is 79.9. The first-order chi connectivity index (χ1) is 11.2. The fraction of sp³-hybridized carbons (Fsp3) is 0.316. The van der Waals surface area contributed by atoms with Crippen molar-refractivity contribution in [2.24, 2.45) is 0 Å². The third-order valence-corrected chi connectivity index (χ3v) is 4.56. The molecule has 1 aliphatic rings. The van der Waals surface area contributed by atoms with E-state index in [1.807, 2.05) is 48.5 Å².